The molecular weight excluding hydrogens is 432 g/mol. The van der Waals surface area contributed by atoms with E-state index in [-0.39, 0.29) is 0 Å². The third kappa shape index (κ3) is 6.54. The molecule has 2 aromatic rings. The fraction of sp³-hybridized carbons (Fsp3) is 0.615. The van der Waals surface area contributed by atoms with E-state index in [0.717, 1.165) is 73.8 Å². The zero-order valence-corrected chi connectivity index (χ0v) is 22.1. The molecule has 0 bridgehead atoms. The number of aromatic nitrogens is 2. The Balaban J connectivity index is 1.93. The topological polar surface area (TPSA) is 50.7 Å². The Morgan fingerprint density at radius 1 is 1.03 bits per heavy atom. The standard InChI is InChI=1S/C26H40N4O2S/c1-7-9-30(10-8-2)24-21(5)27-25(28-26(24)31-6)23-20(4)17-19(3)18-22(23)32-14-11-29-12-15-33-16-13-29/h17-18H,7-16H2,1-6H3. The molecule has 1 aromatic heterocycles. The van der Waals surface area contributed by atoms with Crippen molar-refractivity contribution in [2.45, 2.75) is 47.5 Å². The smallest absolute Gasteiger partial charge is 0.241 e. The first-order valence-corrected chi connectivity index (χ1v) is 13.4. The number of benzene rings is 1. The van der Waals surface area contributed by atoms with Gasteiger partial charge in [0.1, 0.15) is 18.0 Å². The van der Waals surface area contributed by atoms with Crippen molar-refractivity contribution < 1.29 is 9.47 Å². The molecular formula is C26H40N4O2S. The molecule has 0 amide bonds. The molecule has 0 saturated carbocycles. The molecule has 0 N–H and O–H groups in total. The van der Waals surface area contributed by atoms with Gasteiger partial charge in [-0.2, -0.15) is 16.7 Å². The molecule has 182 valence electrons. The first-order chi connectivity index (χ1) is 16.0. The van der Waals surface area contributed by atoms with Gasteiger partial charge >= 0.3 is 0 Å². The molecule has 0 aliphatic carbocycles. The minimum absolute atomic E-state index is 0.635. The van der Waals surface area contributed by atoms with Gasteiger partial charge in [-0.25, -0.2) is 4.98 Å². The Kier molecular flexibility index (Phi) is 9.68. The van der Waals surface area contributed by atoms with E-state index < -0.39 is 0 Å². The number of ether oxygens (including phenoxy) is 2. The van der Waals surface area contributed by atoms with Crippen molar-refractivity contribution >= 4 is 17.4 Å². The van der Waals surface area contributed by atoms with E-state index in [4.69, 9.17) is 19.4 Å². The summed E-state index contributed by atoms with van der Waals surface area (Å²) in [4.78, 5) is 14.7. The van der Waals surface area contributed by atoms with Gasteiger partial charge in [0, 0.05) is 44.2 Å². The summed E-state index contributed by atoms with van der Waals surface area (Å²) in [6, 6.07) is 4.28. The number of thioether (sulfide) groups is 1. The third-order valence-corrected chi connectivity index (χ3v) is 6.90. The Bertz CT molecular complexity index is 910. The molecule has 1 aliphatic rings. The van der Waals surface area contributed by atoms with E-state index in [2.05, 4.69) is 56.6 Å². The van der Waals surface area contributed by atoms with Gasteiger partial charge in [-0.1, -0.05) is 19.9 Å². The highest BCUT2D eigenvalue weighted by Crippen LogP contribution is 2.37. The van der Waals surface area contributed by atoms with Crippen LogP contribution in [0.1, 0.15) is 43.5 Å². The van der Waals surface area contributed by atoms with E-state index in [1.807, 2.05) is 11.8 Å². The molecule has 33 heavy (non-hydrogen) atoms. The average molecular weight is 473 g/mol. The van der Waals surface area contributed by atoms with Gasteiger partial charge in [0.15, 0.2) is 5.82 Å². The maximum atomic E-state index is 6.34. The Hall–Kier alpha value is -1.99. The highest BCUT2D eigenvalue weighted by Gasteiger charge is 2.22. The molecule has 1 aliphatic heterocycles. The first-order valence-electron chi connectivity index (χ1n) is 12.2. The summed E-state index contributed by atoms with van der Waals surface area (Å²) in [7, 11) is 1.70. The van der Waals surface area contributed by atoms with Gasteiger partial charge < -0.3 is 14.4 Å². The maximum Gasteiger partial charge on any atom is 0.241 e. The molecule has 0 unspecified atom stereocenters. The van der Waals surface area contributed by atoms with E-state index in [0.29, 0.717) is 18.3 Å². The number of hydrogen-bond acceptors (Lipinski definition) is 7. The van der Waals surface area contributed by atoms with Gasteiger partial charge in [0.05, 0.1) is 18.4 Å². The fourth-order valence-electron chi connectivity index (χ4n) is 4.47. The molecule has 7 heteroatoms. The quantitative estimate of drug-likeness (QED) is 0.449. The zero-order chi connectivity index (χ0) is 23.8. The third-order valence-electron chi connectivity index (χ3n) is 5.96. The van der Waals surface area contributed by atoms with Gasteiger partial charge in [-0.05, 0) is 50.8 Å². The lowest BCUT2D eigenvalue weighted by atomic mass is 10.0. The van der Waals surface area contributed by atoms with Crippen LogP contribution in [0.3, 0.4) is 0 Å². The summed E-state index contributed by atoms with van der Waals surface area (Å²) in [6.07, 6.45) is 2.13. The largest absolute Gasteiger partial charge is 0.491 e. The monoisotopic (exact) mass is 472 g/mol. The summed E-state index contributed by atoms with van der Waals surface area (Å²) in [5, 5.41) is 0. The lowest BCUT2D eigenvalue weighted by molar-refractivity contribution is 0.222. The molecule has 1 aromatic carbocycles. The number of methoxy groups -OCH3 is 1. The van der Waals surface area contributed by atoms with Crippen molar-refractivity contribution in [3.63, 3.8) is 0 Å². The Labute approximate surface area is 204 Å². The van der Waals surface area contributed by atoms with Crippen LogP contribution in [0.25, 0.3) is 11.4 Å². The molecule has 1 saturated heterocycles. The van der Waals surface area contributed by atoms with Crippen LogP contribution in [0.15, 0.2) is 12.1 Å². The van der Waals surface area contributed by atoms with Crippen molar-refractivity contribution in [1.82, 2.24) is 14.9 Å². The Morgan fingerprint density at radius 2 is 1.73 bits per heavy atom. The molecule has 3 rings (SSSR count). The van der Waals surface area contributed by atoms with Crippen LogP contribution < -0.4 is 14.4 Å². The van der Waals surface area contributed by atoms with E-state index in [1.54, 1.807) is 7.11 Å². The molecule has 0 spiro atoms. The van der Waals surface area contributed by atoms with E-state index >= 15 is 0 Å². The summed E-state index contributed by atoms with van der Waals surface area (Å²) in [5.74, 6) is 4.58. The average Bonchev–Trinajstić information content (AvgIpc) is 2.79. The predicted octanol–water partition coefficient (Wildman–Crippen LogP) is 5.13. The lowest BCUT2D eigenvalue weighted by Crippen LogP contribution is -2.35. The zero-order valence-electron chi connectivity index (χ0n) is 21.2. The molecule has 6 nitrogen and oxygen atoms in total. The van der Waals surface area contributed by atoms with Crippen molar-refractivity contribution in [2.75, 3.05) is 62.8 Å². The SMILES string of the molecule is CCCN(CCC)c1c(C)nc(-c2c(C)cc(C)cc2OCCN2CCSCC2)nc1OC. The first kappa shape index (κ1) is 25.6. The predicted molar refractivity (Wildman–Crippen MR) is 140 cm³/mol. The second-order valence-electron chi connectivity index (χ2n) is 8.73. The highest BCUT2D eigenvalue weighted by molar-refractivity contribution is 7.99. The van der Waals surface area contributed by atoms with Crippen molar-refractivity contribution in [3.8, 4) is 23.0 Å². The van der Waals surface area contributed by atoms with Crippen LogP contribution in [0, 0.1) is 20.8 Å². The van der Waals surface area contributed by atoms with Crippen molar-refractivity contribution in [3.05, 3.63) is 29.0 Å². The summed E-state index contributed by atoms with van der Waals surface area (Å²) < 4.78 is 12.1. The molecule has 0 radical (unpaired) electrons. The van der Waals surface area contributed by atoms with Crippen LogP contribution in [0.5, 0.6) is 11.6 Å². The van der Waals surface area contributed by atoms with Gasteiger partial charge in [-0.3, -0.25) is 4.90 Å². The van der Waals surface area contributed by atoms with Gasteiger partial charge in [0.25, 0.3) is 0 Å². The van der Waals surface area contributed by atoms with Gasteiger partial charge in [-0.15, -0.1) is 0 Å². The Morgan fingerprint density at radius 3 is 2.36 bits per heavy atom. The van der Waals surface area contributed by atoms with E-state index in [1.165, 1.54) is 17.1 Å². The minimum atomic E-state index is 0.635. The minimum Gasteiger partial charge on any atom is -0.491 e. The number of nitrogens with zero attached hydrogens (tertiary/aromatic N) is 4. The summed E-state index contributed by atoms with van der Waals surface area (Å²) >= 11 is 2.03. The highest BCUT2D eigenvalue weighted by atomic mass is 32.2. The fourth-order valence-corrected chi connectivity index (χ4v) is 5.45. The van der Waals surface area contributed by atoms with Crippen molar-refractivity contribution in [1.29, 1.82) is 0 Å². The van der Waals surface area contributed by atoms with Crippen LogP contribution in [-0.2, 0) is 0 Å². The van der Waals surface area contributed by atoms with Crippen LogP contribution in [0.4, 0.5) is 5.69 Å². The number of anilines is 1. The van der Waals surface area contributed by atoms with Crippen LogP contribution in [-0.4, -0.2) is 72.8 Å². The lowest BCUT2D eigenvalue weighted by Gasteiger charge is -2.27. The second kappa shape index (κ2) is 12.5. The van der Waals surface area contributed by atoms with E-state index in [9.17, 15) is 0 Å². The molecule has 0 atom stereocenters. The second-order valence-corrected chi connectivity index (χ2v) is 9.96. The van der Waals surface area contributed by atoms with Crippen LogP contribution >= 0.6 is 11.8 Å². The summed E-state index contributed by atoms with van der Waals surface area (Å²) in [5.41, 5.74) is 5.20. The van der Waals surface area contributed by atoms with Gasteiger partial charge in [0.2, 0.25) is 5.88 Å². The normalized spacial score (nSPS) is 14.4. The molecule has 1 fully saturated rings. The molecule has 2 heterocycles. The van der Waals surface area contributed by atoms with Crippen LogP contribution in [0.2, 0.25) is 0 Å². The van der Waals surface area contributed by atoms with Crippen molar-refractivity contribution in [2.24, 2.45) is 0 Å². The maximum absolute atomic E-state index is 6.34. The number of aryl methyl sites for hydroxylation is 3. The summed E-state index contributed by atoms with van der Waals surface area (Å²) in [6.45, 7) is 16.5. The number of hydrogen-bond donors (Lipinski definition) is 0. The number of rotatable bonds is 11.